The molecule has 3 aromatic rings. The lowest BCUT2D eigenvalue weighted by molar-refractivity contribution is 0.298. The van der Waals surface area contributed by atoms with Gasteiger partial charge in [0.25, 0.3) is 0 Å². The van der Waals surface area contributed by atoms with Crippen molar-refractivity contribution >= 4 is 16.7 Å². The third kappa shape index (κ3) is 3.24. The molecule has 0 atom stereocenters. The Labute approximate surface area is 145 Å². The number of aromatic nitrogens is 3. The lowest BCUT2D eigenvalue weighted by Gasteiger charge is -2.19. The van der Waals surface area contributed by atoms with E-state index in [0.717, 1.165) is 35.6 Å². The molecule has 0 amide bonds. The van der Waals surface area contributed by atoms with Crippen molar-refractivity contribution in [3.8, 4) is 5.75 Å². The molecule has 1 saturated heterocycles. The molecule has 0 radical (unpaired) electrons. The molecule has 1 aliphatic heterocycles. The molecule has 0 N–H and O–H groups in total. The third-order valence-electron chi connectivity index (χ3n) is 4.40. The quantitative estimate of drug-likeness (QED) is 0.680. The minimum Gasteiger partial charge on any atom is -0.489 e. The topological polar surface area (TPSA) is 51.1 Å². The van der Waals surface area contributed by atoms with Gasteiger partial charge in [0, 0.05) is 30.2 Å². The summed E-state index contributed by atoms with van der Waals surface area (Å²) < 4.78 is 19.4. The summed E-state index contributed by atoms with van der Waals surface area (Å²) in [5.41, 5.74) is 1.33. The normalized spacial score (nSPS) is 14.2. The molecule has 128 valence electrons. The van der Waals surface area contributed by atoms with Crippen LogP contribution in [0.1, 0.15) is 24.2 Å². The van der Waals surface area contributed by atoms with Gasteiger partial charge >= 0.3 is 0 Å². The first-order chi connectivity index (χ1) is 12.2. The number of aryl methyl sites for hydroxylation is 1. The SMILES string of the molecule is Cc1nc(N2CCCC2)c2cc(OCc3cccnc3F)ccc2n1. The maximum Gasteiger partial charge on any atom is 0.219 e. The van der Waals surface area contributed by atoms with Crippen LogP contribution in [0.2, 0.25) is 0 Å². The largest absolute Gasteiger partial charge is 0.489 e. The van der Waals surface area contributed by atoms with E-state index in [1.165, 1.54) is 19.0 Å². The Kier molecular flexibility index (Phi) is 4.17. The standard InChI is InChI=1S/C19H19FN4O/c1-13-22-17-7-6-15(25-12-14-5-4-8-21-18(14)20)11-16(17)19(23-13)24-9-2-3-10-24/h4-8,11H,2-3,9-10,12H2,1H3. The maximum absolute atomic E-state index is 13.6. The van der Waals surface area contributed by atoms with Crippen molar-refractivity contribution in [1.29, 1.82) is 0 Å². The fraction of sp³-hybridized carbons (Fsp3) is 0.316. The van der Waals surface area contributed by atoms with Crippen LogP contribution in [0, 0.1) is 12.9 Å². The van der Waals surface area contributed by atoms with Crippen molar-refractivity contribution in [2.75, 3.05) is 18.0 Å². The van der Waals surface area contributed by atoms with Crippen molar-refractivity contribution in [3.05, 3.63) is 53.9 Å². The smallest absolute Gasteiger partial charge is 0.219 e. The second-order valence-electron chi connectivity index (χ2n) is 6.21. The van der Waals surface area contributed by atoms with Crippen LogP contribution >= 0.6 is 0 Å². The summed E-state index contributed by atoms with van der Waals surface area (Å²) in [7, 11) is 0. The Morgan fingerprint density at radius 3 is 2.80 bits per heavy atom. The number of hydrogen-bond acceptors (Lipinski definition) is 5. The number of nitrogens with zero attached hydrogens (tertiary/aromatic N) is 4. The van der Waals surface area contributed by atoms with E-state index in [2.05, 4.69) is 19.9 Å². The zero-order valence-corrected chi connectivity index (χ0v) is 14.1. The molecule has 25 heavy (non-hydrogen) atoms. The van der Waals surface area contributed by atoms with Gasteiger partial charge in [-0.05, 0) is 50.1 Å². The van der Waals surface area contributed by atoms with Crippen molar-refractivity contribution in [1.82, 2.24) is 15.0 Å². The highest BCUT2D eigenvalue weighted by molar-refractivity contribution is 5.90. The first kappa shape index (κ1) is 15.7. The first-order valence-corrected chi connectivity index (χ1v) is 8.46. The molecule has 4 rings (SSSR count). The van der Waals surface area contributed by atoms with Gasteiger partial charge < -0.3 is 9.64 Å². The number of ether oxygens (including phenoxy) is 1. The lowest BCUT2D eigenvalue weighted by atomic mass is 10.2. The zero-order valence-electron chi connectivity index (χ0n) is 14.1. The average molecular weight is 338 g/mol. The monoisotopic (exact) mass is 338 g/mol. The first-order valence-electron chi connectivity index (χ1n) is 8.46. The van der Waals surface area contributed by atoms with Crippen molar-refractivity contribution < 1.29 is 9.13 Å². The molecule has 0 unspecified atom stereocenters. The second kappa shape index (κ2) is 6.63. The van der Waals surface area contributed by atoms with Crippen LogP contribution in [-0.2, 0) is 6.61 Å². The molecule has 0 bridgehead atoms. The minimum absolute atomic E-state index is 0.136. The third-order valence-corrected chi connectivity index (χ3v) is 4.40. The van der Waals surface area contributed by atoms with Crippen LogP contribution in [0.25, 0.3) is 10.9 Å². The second-order valence-corrected chi connectivity index (χ2v) is 6.21. The molecule has 5 nitrogen and oxygen atoms in total. The fourth-order valence-corrected chi connectivity index (χ4v) is 3.15. The van der Waals surface area contributed by atoms with E-state index in [1.807, 2.05) is 25.1 Å². The van der Waals surface area contributed by atoms with Gasteiger partial charge in [0.1, 0.15) is 24.0 Å². The van der Waals surface area contributed by atoms with Crippen LogP contribution in [0.4, 0.5) is 10.2 Å². The van der Waals surface area contributed by atoms with E-state index in [1.54, 1.807) is 12.1 Å². The Morgan fingerprint density at radius 2 is 2.00 bits per heavy atom. The molecule has 1 aliphatic rings. The molecule has 0 spiro atoms. The average Bonchev–Trinajstić information content (AvgIpc) is 3.15. The lowest BCUT2D eigenvalue weighted by Crippen LogP contribution is -2.20. The zero-order chi connectivity index (χ0) is 17.2. The van der Waals surface area contributed by atoms with E-state index in [4.69, 9.17) is 4.74 Å². The Hall–Kier alpha value is -2.76. The Morgan fingerprint density at radius 1 is 1.16 bits per heavy atom. The minimum atomic E-state index is -0.500. The summed E-state index contributed by atoms with van der Waals surface area (Å²) in [4.78, 5) is 15.1. The number of rotatable bonds is 4. The van der Waals surface area contributed by atoms with Crippen LogP contribution in [0.15, 0.2) is 36.5 Å². The van der Waals surface area contributed by atoms with Crippen LogP contribution < -0.4 is 9.64 Å². The maximum atomic E-state index is 13.6. The predicted molar refractivity (Wildman–Crippen MR) is 94.2 cm³/mol. The highest BCUT2D eigenvalue weighted by Crippen LogP contribution is 2.30. The van der Waals surface area contributed by atoms with Crippen LogP contribution in [-0.4, -0.2) is 28.0 Å². The van der Waals surface area contributed by atoms with Gasteiger partial charge in [-0.1, -0.05) is 0 Å². The summed E-state index contributed by atoms with van der Waals surface area (Å²) in [6, 6.07) is 9.10. The molecule has 1 aromatic carbocycles. The van der Waals surface area contributed by atoms with Gasteiger partial charge in [-0.2, -0.15) is 4.39 Å². The number of hydrogen-bond donors (Lipinski definition) is 0. The van der Waals surface area contributed by atoms with Gasteiger partial charge in [0.05, 0.1) is 5.52 Å². The van der Waals surface area contributed by atoms with Gasteiger partial charge in [0.15, 0.2) is 0 Å². The van der Waals surface area contributed by atoms with Crippen molar-refractivity contribution in [2.45, 2.75) is 26.4 Å². The number of halogens is 1. The van der Waals surface area contributed by atoms with Crippen LogP contribution in [0.5, 0.6) is 5.75 Å². The number of anilines is 1. The van der Waals surface area contributed by atoms with E-state index in [9.17, 15) is 4.39 Å². The predicted octanol–water partition coefficient (Wildman–Crippen LogP) is 3.65. The molecule has 3 heterocycles. The van der Waals surface area contributed by atoms with Crippen molar-refractivity contribution in [3.63, 3.8) is 0 Å². The summed E-state index contributed by atoms with van der Waals surface area (Å²) in [6.45, 7) is 4.07. The van der Waals surface area contributed by atoms with E-state index in [-0.39, 0.29) is 6.61 Å². The Balaban J connectivity index is 1.65. The van der Waals surface area contributed by atoms with Gasteiger partial charge in [0.2, 0.25) is 5.95 Å². The van der Waals surface area contributed by atoms with Crippen molar-refractivity contribution in [2.24, 2.45) is 0 Å². The number of fused-ring (bicyclic) bond motifs is 1. The van der Waals surface area contributed by atoms with Gasteiger partial charge in [-0.3, -0.25) is 0 Å². The molecular weight excluding hydrogens is 319 g/mol. The summed E-state index contributed by atoms with van der Waals surface area (Å²) >= 11 is 0. The van der Waals surface area contributed by atoms with Gasteiger partial charge in [-0.15, -0.1) is 0 Å². The molecule has 6 heteroatoms. The summed E-state index contributed by atoms with van der Waals surface area (Å²) in [5.74, 6) is 1.89. The summed E-state index contributed by atoms with van der Waals surface area (Å²) in [6.07, 6.45) is 3.79. The molecule has 1 fully saturated rings. The highest BCUT2D eigenvalue weighted by atomic mass is 19.1. The van der Waals surface area contributed by atoms with E-state index >= 15 is 0 Å². The highest BCUT2D eigenvalue weighted by Gasteiger charge is 2.18. The number of pyridine rings is 1. The molecular formula is C19H19FN4O. The molecule has 2 aromatic heterocycles. The molecule has 0 saturated carbocycles. The van der Waals surface area contributed by atoms with E-state index in [0.29, 0.717) is 11.3 Å². The van der Waals surface area contributed by atoms with Gasteiger partial charge in [-0.25, -0.2) is 15.0 Å². The van der Waals surface area contributed by atoms with E-state index < -0.39 is 5.95 Å². The van der Waals surface area contributed by atoms with Crippen LogP contribution in [0.3, 0.4) is 0 Å². The number of benzene rings is 1. The fourth-order valence-electron chi connectivity index (χ4n) is 3.15. The molecule has 0 aliphatic carbocycles. The summed E-state index contributed by atoms with van der Waals surface area (Å²) in [5, 5.41) is 0.969. The Bertz CT molecular complexity index is 909.